The van der Waals surface area contributed by atoms with Gasteiger partial charge in [0.25, 0.3) is 3.79 Å². The van der Waals surface area contributed by atoms with Crippen molar-refractivity contribution < 1.29 is 9.53 Å². The lowest BCUT2D eigenvalue weighted by Crippen LogP contribution is -2.45. The summed E-state index contributed by atoms with van der Waals surface area (Å²) in [6.07, 6.45) is 3.22. The Morgan fingerprint density at radius 2 is 1.88 bits per heavy atom. The monoisotopic (exact) mass is 298 g/mol. The molecule has 0 amide bonds. The van der Waals surface area contributed by atoms with Crippen molar-refractivity contribution in [1.29, 1.82) is 0 Å². The van der Waals surface area contributed by atoms with Crippen molar-refractivity contribution in [2.45, 2.75) is 49.9 Å². The molecule has 2 aliphatic rings. The molecule has 0 heterocycles. The van der Waals surface area contributed by atoms with Gasteiger partial charge in [0.05, 0.1) is 0 Å². The van der Waals surface area contributed by atoms with Gasteiger partial charge in [-0.25, -0.2) is 4.79 Å². The first-order chi connectivity index (χ1) is 7.57. The van der Waals surface area contributed by atoms with Crippen LogP contribution in [0.5, 0.6) is 0 Å². The zero-order chi connectivity index (χ0) is 13.1. The first-order valence-electron chi connectivity index (χ1n) is 5.85. The normalized spacial score (nSPS) is 39.4. The van der Waals surface area contributed by atoms with Crippen molar-refractivity contribution in [2.24, 2.45) is 16.7 Å². The summed E-state index contributed by atoms with van der Waals surface area (Å²) in [6, 6.07) is 0. The Kier molecular flexibility index (Phi) is 3.17. The highest BCUT2D eigenvalue weighted by atomic mass is 35.6. The lowest BCUT2D eigenvalue weighted by molar-refractivity contribution is -0.163. The number of fused-ring (bicyclic) bond motifs is 2. The van der Waals surface area contributed by atoms with Gasteiger partial charge >= 0.3 is 5.97 Å². The Morgan fingerprint density at radius 3 is 2.29 bits per heavy atom. The maximum absolute atomic E-state index is 11.7. The quantitative estimate of drug-likeness (QED) is 0.538. The Labute approximate surface area is 117 Å². The summed E-state index contributed by atoms with van der Waals surface area (Å²) in [5.74, 6) is -0.157. The van der Waals surface area contributed by atoms with Crippen LogP contribution >= 0.6 is 34.8 Å². The molecule has 0 radical (unpaired) electrons. The van der Waals surface area contributed by atoms with Gasteiger partial charge in [0, 0.05) is 10.8 Å². The summed E-state index contributed by atoms with van der Waals surface area (Å²) >= 11 is 16.7. The Morgan fingerprint density at radius 1 is 1.29 bits per heavy atom. The fourth-order valence-electron chi connectivity index (χ4n) is 3.72. The number of alkyl halides is 3. The summed E-state index contributed by atoms with van der Waals surface area (Å²) in [5.41, 5.74) is 0.0122. The SMILES string of the molecule is CC1(C)[C@H]2CC[C@](C)(C2)[C@@H]1OC(=O)C(Cl)(Cl)Cl. The fraction of sp³-hybridized carbons (Fsp3) is 0.917. The predicted octanol–water partition coefficient (Wildman–Crippen LogP) is 4.11. The average molecular weight is 300 g/mol. The lowest BCUT2D eigenvalue weighted by Gasteiger charge is -2.42. The highest BCUT2D eigenvalue weighted by Crippen LogP contribution is 2.63. The molecule has 17 heavy (non-hydrogen) atoms. The Balaban J connectivity index is 2.19. The van der Waals surface area contributed by atoms with E-state index in [9.17, 15) is 4.79 Å². The summed E-state index contributed by atoms with van der Waals surface area (Å²) < 4.78 is 3.52. The van der Waals surface area contributed by atoms with Gasteiger partial charge in [-0.15, -0.1) is 0 Å². The van der Waals surface area contributed by atoms with Gasteiger partial charge in [0.15, 0.2) is 0 Å². The van der Waals surface area contributed by atoms with E-state index in [2.05, 4.69) is 20.8 Å². The molecule has 0 N–H and O–H groups in total. The van der Waals surface area contributed by atoms with Crippen molar-refractivity contribution in [3.8, 4) is 0 Å². The first kappa shape index (κ1) is 13.8. The Bertz CT molecular complexity index is 343. The van der Waals surface area contributed by atoms with Crippen LogP contribution in [0.4, 0.5) is 0 Å². The van der Waals surface area contributed by atoms with Crippen molar-refractivity contribution in [2.75, 3.05) is 0 Å². The molecule has 0 aliphatic heterocycles. The summed E-state index contributed by atoms with van der Waals surface area (Å²) in [5, 5.41) is 0. The van der Waals surface area contributed by atoms with E-state index in [1.165, 1.54) is 6.42 Å². The zero-order valence-corrected chi connectivity index (χ0v) is 12.5. The number of rotatable bonds is 1. The van der Waals surface area contributed by atoms with Gasteiger partial charge < -0.3 is 4.74 Å². The van der Waals surface area contributed by atoms with E-state index >= 15 is 0 Å². The average Bonchev–Trinajstić information content (AvgIpc) is 2.62. The van der Waals surface area contributed by atoms with Crippen LogP contribution in [0, 0.1) is 16.7 Å². The number of ether oxygens (including phenoxy) is 1. The minimum absolute atomic E-state index is 0.0292. The lowest BCUT2D eigenvalue weighted by atomic mass is 9.70. The zero-order valence-electron chi connectivity index (χ0n) is 10.2. The largest absolute Gasteiger partial charge is 0.458 e. The van der Waals surface area contributed by atoms with E-state index in [-0.39, 0.29) is 16.9 Å². The van der Waals surface area contributed by atoms with Gasteiger partial charge in [-0.1, -0.05) is 55.6 Å². The molecule has 3 atom stereocenters. The molecule has 0 aromatic rings. The van der Waals surface area contributed by atoms with Crippen molar-refractivity contribution >= 4 is 40.8 Å². The first-order valence-corrected chi connectivity index (χ1v) is 6.98. The minimum Gasteiger partial charge on any atom is -0.458 e. The topological polar surface area (TPSA) is 26.3 Å². The van der Waals surface area contributed by atoms with Gasteiger partial charge in [-0.2, -0.15) is 0 Å². The molecule has 2 aliphatic carbocycles. The molecular formula is C12H17Cl3O2. The van der Waals surface area contributed by atoms with Crippen LogP contribution in [0.25, 0.3) is 0 Å². The smallest absolute Gasteiger partial charge is 0.358 e. The van der Waals surface area contributed by atoms with Crippen LogP contribution in [-0.4, -0.2) is 15.9 Å². The molecule has 0 aromatic carbocycles. The van der Waals surface area contributed by atoms with Crippen molar-refractivity contribution in [3.05, 3.63) is 0 Å². The van der Waals surface area contributed by atoms with Crippen LogP contribution < -0.4 is 0 Å². The Hall–Kier alpha value is 0.340. The van der Waals surface area contributed by atoms with Crippen LogP contribution in [0.15, 0.2) is 0 Å². The van der Waals surface area contributed by atoms with E-state index in [4.69, 9.17) is 39.5 Å². The summed E-state index contributed by atoms with van der Waals surface area (Å²) in [6.45, 7) is 6.44. The van der Waals surface area contributed by atoms with Gasteiger partial charge in [-0.05, 0) is 25.2 Å². The second-order valence-corrected chi connectivity index (χ2v) is 8.48. The third-order valence-corrected chi connectivity index (χ3v) is 5.06. The van der Waals surface area contributed by atoms with E-state index in [1.807, 2.05) is 0 Å². The number of esters is 1. The molecule has 2 nitrogen and oxygen atoms in total. The number of halogens is 3. The predicted molar refractivity (Wildman–Crippen MR) is 69.4 cm³/mol. The minimum atomic E-state index is -1.98. The number of hydrogen-bond donors (Lipinski definition) is 0. The van der Waals surface area contributed by atoms with Gasteiger partial charge in [0.2, 0.25) is 0 Å². The van der Waals surface area contributed by atoms with Crippen LogP contribution in [0.1, 0.15) is 40.0 Å². The highest BCUT2D eigenvalue weighted by molar-refractivity contribution is 6.75. The summed E-state index contributed by atoms with van der Waals surface area (Å²) in [7, 11) is 0. The second kappa shape index (κ2) is 3.91. The fourth-order valence-corrected chi connectivity index (χ4v) is 3.86. The number of carbonyl (C=O) groups excluding carboxylic acids is 1. The van der Waals surface area contributed by atoms with E-state index in [1.54, 1.807) is 0 Å². The molecule has 2 rings (SSSR count). The third-order valence-electron chi connectivity index (χ3n) is 4.59. The molecule has 2 bridgehead atoms. The molecule has 5 heteroatoms. The molecule has 2 fully saturated rings. The van der Waals surface area contributed by atoms with Gasteiger partial charge in [0.1, 0.15) is 6.10 Å². The van der Waals surface area contributed by atoms with Crippen LogP contribution in [0.2, 0.25) is 0 Å². The van der Waals surface area contributed by atoms with Crippen molar-refractivity contribution in [1.82, 2.24) is 0 Å². The second-order valence-electron chi connectivity index (χ2n) is 6.20. The molecule has 0 unspecified atom stereocenters. The molecule has 0 spiro atoms. The maximum Gasteiger partial charge on any atom is 0.358 e. The highest BCUT2D eigenvalue weighted by Gasteiger charge is 2.62. The van der Waals surface area contributed by atoms with E-state index in [0.29, 0.717) is 5.92 Å². The van der Waals surface area contributed by atoms with Crippen molar-refractivity contribution in [3.63, 3.8) is 0 Å². The van der Waals surface area contributed by atoms with Crippen LogP contribution in [0.3, 0.4) is 0 Å². The van der Waals surface area contributed by atoms with Crippen LogP contribution in [-0.2, 0) is 9.53 Å². The molecule has 2 saturated carbocycles. The number of carbonyl (C=O) groups is 1. The van der Waals surface area contributed by atoms with Gasteiger partial charge in [-0.3, -0.25) is 0 Å². The maximum atomic E-state index is 11.7. The molecule has 0 saturated heterocycles. The molecule has 98 valence electrons. The number of hydrogen-bond acceptors (Lipinski definition) is 2. The standard InChI is InChI=1S/C12H17Cl3O2/c1-10(2)7-4-5-11(3,6-7)8(10)17-9(16)12(13,14)15/h7-8H,4-6H2,1-3H3/t7-,8+,11+/m0/s1. The molecular weight excluding hydrogens is 282 g/mol. The van der Waals surface area contributed by atoms with E-state index < -0.39 is 9.76 Å². The third kappa shape index (κ3) is 2.17. The summed E-state index contributed by atoms with van der Waals surface area (Å²) in [4.78, 5) is 11.7. The van der Waals surface area contributed by atoms with E-state index in [0.717, 1.165) is 12.8 Å². The molecule has 0 aromatic heterocycles.